The number of hydrogen-bond donors (Lipinski definition) is 0. The lowest BCUT2D eigenvalue weighted by Gasteiger charge is -2.14. The Morgan fingerprint density at radius 3 is 1.50 bits per heavy atom. The minimum atomic E-state index is 0.705. The third kappa shape index (κ3) is 6.07. The third-order valence-corrected chi connectivity index (χ3v) is 11.3. The summed E-state index contributed by atoms with van der Waals surface area (Å²) < 4.78 is 0. The van der Waals surface area contributed by atoms with Gasteiger partial charge in [0.05, 0.1) is 22.6 Å². The van der Waals surface area contributed by atoms with E-state index in [0.717, 1.165) is 72.1 Å². The Balaban J connectivity index is 0.963. The number of aromatic nitrogens is 3. The number of pyridine rings is 1. The van der Waals surface area contributed by atoms with Gasteiger partial charge in [0.15, 0.2) is 5.82 Å². The number of rotatable bonds is 6. The summed E-state index contributed by atoms with van der Waals surface area (Å²) in [5, 5.41) is 8.29. The van der Waals surface area contributed by atoms with Gasteiger partial charge in [-0.15, -0.1) is 0 Å². The molecule has 0 aliphatic carbocycles. The van der Waals surface area contributed by atoms with E-state index in [0.29, 0.717) is 5.82 Å². The van der Waals surface area contributed by atoms with Crippen LogP contribution < -0.4 is 0 Å². The summed E-state index contributed by atoms with van der Waals surface area (Å²) in [4.78, 5) is 15.6. The van der Waals surface area contributed by atoms with Crippen LogP contribution in [0.2, 0.25) is 0 Å². The van der Waals surface area contributed by atoms with E-state index < -0.39 is 0 Å². The van der Waals surface area contributed by atoms with Gasteiger partial charge in [0.25, 0.3) is 0 Å². The van der Waals surface area contributed by atoms with Crippen molar-refractivity contribution in [3.8, 4) is 67.4 Å². The molecule has 0 saturated heterocycles. The van der Waals surface area contributed by atoms with Crippen LogP contribution in [0.25, 0.3) is 111 Å². The Morgan fingerprint density at radius 1 is 0.276 bits per heavy atom. The smallest absolute Gasteiger partial charge is 0.160 e. The van der Waals surface area contributed by atoms with Crippen LogP contribution in [0.5, 0.6) is 0 Å². The molecule has 270 valence electrons. The minimum Gasteiger partial charge on any atom is -0.247 e. The predicted molar refractivity (Wildman–Crippen MR) is 242 cm³/mol. The molecule has 58 heavy (non-hydrogen) atoms. The first-order valence-corrected chi connectivity index (χ1v) is 19.7. The van der Waals surface area contributed by atoms with Crippen molar-refractivity contribution in [2.24, 2.45) is 0 Å². The lowest BCUT2D eigenvalue weighted by Crippen LogP contribution is -1.96. The molecule has 0 aliphatic heterocycles. The second kappa shape index (κ2) is 14.1. The molecular weight excluding hydrogens is 703 g/mol. The maximum absolute atomic E-state index is 5.23. The van der Waals surface area contributed by atoms with Gasteiger partial charge in [-0.3, -0.25) is 0 Å². The number of hydrogen-bond acceptors (Lipinski definition) is 3. The van der Waals surface area contributed by atoms with E-state index in [1.165, 1.54) is 32.7 Å². The van der Waals surface area contributed by atoms with Gasteiger partial charge in [-0.1, -0.05) is 188 Å². The number of benzene rings is 9. The molecule has 9 aromatic carbocycles. The van der Waals surface area contributed by atoms with Crippen LogP contribution >= 0.6 is 0 Å². The molecule has 3 heteroatoms. The molecule has 11 rings (SSSR count). The van der Waals surface area contributed by atoms with Crippen molar-refractivity contribution in [1.29, 1.82) is 0 Å². The van der Waals surface area contributed by atoms with Gasteiger partial charge in [0, 0.05) is 38.4 Å². The zero-order chi connectivity index (χ0) is 38.4. The Bertz CT molecular complexity index is 3220. The van der Waals surface area contributed by atoms with Gasteiger partial charge in [-0.25, -0.2) is 15.0 Å². The maximum Gasteiger partial charge on any atom is 0.160 e. The Kier molecular flexibility index (Phi) is 8.15. The lowest BCUT2D eigenvalue weighted by molar-refractivity contribution is 1.18. The molecule has 0 aliphatic rings. The zero-order valence-electron chi connectivity index (χ0n) is 31.5. The van der Waals surface area contributed by atoms with Crippen molar-refractivity contribution < 1.29 is 0 Å². The monoisotopic (exact) mass is 737 g/mol. The summed E-state index contributed by atoms with van der Waals surface area (Å²) in [5.41, 5.74) is 12.6. The zero-order valence-corrected chi connectivity index (χ0v) is 31.5. The molecule has 0 N–H and O–H groups in total. The van der Waals surface area contributed by atoms with Crippen molar-refractivity contribution in [2.75, 3.05) is 0 Å². The van der Waals surface area contributed by atoms with Crippen LogP contribution in [0.3, 0.4) is 0 Å². The van der Waals surface area contributed by atoms with E-state index in [2.05, 4.69) is 212 Å². The summed E-state index contributed by atoms with van der Waals surface area (Å²) in [6.07, 6.45) is 0. The van der Waals surface area contributed by atoms with E-state index in [1.54, 1.807) is 0 Å². The van der Waals surface area contributed by atoms with Crippen LogP contribution in [-0.4, -0.2) is 15.0 Å². The topological polar surface area (TPSA) is 38.7 Å². The Labute approximate surface area is 336 Å². The molecular formula is C55H35N3. The summed E-state index contributed by atoms with van der Waals surface area (Å²) in [6, 6.07) is 75.2. The molecule has 0 bridgehead atoms. The normalized spacial score (nSPS) is 11.4. The molecule has 0 spiro atoms. The summed E-state index contributed by atoms with van der Waals surface area (Å²) in [7, 11) is 0. The van der Waals surface area contributed by atoms with Crippen molar-refractivity contribution in [3.63, 3.8) is 0 Å². The maximum atomic E-state index is 5.23. The fourth-order valence-electron chi connectivity index (χ4n) is 8.28. The number of fused-ring (bicyclic) bond motifs is 5. The van der Waals surface area contributed by atoms with Gasteiger partial charge in [0.2, 0.25) is 0 Å². The summed E-state index contributed by atoms with van der Waals surface area (Å²) in [5.74, 6) is 0.705. The second-order valence-corrected chi connectivity index (χ2v) is 14.8. The lowest BCUT2D eigenvalue weighted by atomic mass is 9.92. The number of nitrogens with zero attached hydrogens (tertiary/aromatic N) is 3. The third-order valence-electron chi connectivity index (χ3n) is 11.3. The SMILES string of the molecule is c1ccc(-c2cccc3c(-c4ccc(-c5ccc(-c6cc(-c7ccc8ccccc8c7)nc(-c7ccc8ccccc8c7)n6)cc5)cc4)nc4ccccc4c23)cc1. The quantitative estimate of drug-likeness (QED) is 0.160. The van der Waals surface area contributed by atoms with Gasteiger partial charge in [0.1, 0.15) is 0 Å². The Morgan fingerprint density at radius 2 is 0.793 bits per heavy atom. The standard InChI is InChI=1S/C55H35N3/c1-2-13-40(14-3-1)47-18-10-19-49-53(47)48-17-8-9-20-50(48)56-54(49)42-29-23-39(24-30-42)38-21-27-41(28-22-38)51-35-52(45-31-25-36-11-4-6-15-43(36)33-45)58-55(57-51)46-32-26-37-12-5-7-16-44(37)34-46/h1-35H. The summed E-state index contributed by atoms with van der Waals surface area (Å²) in [6.45, 7) is 0. The average Bonchev–Trinajstić information content (AvgIpc) is 3.31. The minimum absolute atomic E-state index is 0.705. The molecule has 0 atom stereocenters. The molecule has 0 fully saturated rings. The highest BCUT2D eigenvalue weighted by Gasteiger charge is 2.16. The average molecular weight is 738 g/mol. The first-order valence-electron chi connectivity index (χ1n) is 19.7. The first-order chi connectivity index (χ1) is 28.7. The molecule has 0 radical (unpaired) electrons. The fraction of sp³-hybridized carbons (Fsp3) is 0. The van der Waals surface area contributed by atoms with Crippen LogP contribution in [0.1, 0.15) is 0 Å². The molecule has 11 aromatic rings. The molecule has 2 aromatic heterocycles. The Hall–Kier alpha value is -7.75. The highest BCUT2D eigenvalue weighted by atomic mass is 14.9. The van der Waals surface area contributed by atoms with Gasteiger partial charge in [-0.2, -0.15) is 0 Å². The van der Waals surface area contributed by atoms with E-state index in [1.807, 2.05) is 0 Å². The van der Waals surface area contributed by atoms with Crippen molar-refractivity contribution >= 4 is 43.2 Å². The van der Waals surface area contributed by atoms with Crippen LogP contribution in [0.4, 0.5) is 0 Å². The van der Waals surface area contributed by atoms with Crippen molar-refractivity contribution in [1.82, 2.24) is 15.0 Å². The number of para-hydroxylation sites is 1. The van der Waals surface area contributed by atoms with Crippen molar-refractivity contribution in [2.45, 2.75) is 0 Å². The van der Waals surface area contributed by atoms with Gasteiger partial charge >= 0.3 is 0 Å². The van der Waals surface area contributed by atoms with E-state index in [9.17, 15) is 0 Å². The molecule has 0 unspecified atom stereocenters. The molecule has 2 heterocycles. The predicted octanol–water partition coefficient (Wildman–Crippen LogP) is 14.5. The van der Waals surface area contributed by atoms with Crippen LogP contribution in [-0.2, 0) is 0 Å². The molecule has 0 saturated carbocycles. The van der Waals surface area contributed by atoms with Crippen LogP contribution in [0, 0.1) is 0 Å². The highest BCUT2D eigenvalue weighted by Crippen LogP contribution is 2.39. The van der Waals surface area contributed by atoms with E-state index >= 15 is 0 Å². The first kappa shape index (κ1) is 33.6. The fourth-order valence-corrected chi connectivity index (χ4v) is 8.28. The largest absolute Gasteiger partial charge is 0.247 e. The van der Waals surface area contributed by atoms with E-state index in [4.69, 9.17) is 15.0 Å². The molecule has 0 amide bonds. The van der Waals surface area contributed by atoms with Crippen molar-refractivity contribution in [3.05, 3.63) is 212 Å². The highest BCUT2D eigenvalue weighted by molar-refractivity contribution is 6.17. The summed E-state index contributed by atoms with van der Waals surface area (Å²) >= 11 is 0. The molecule has 3 nitrogen and oxygen atoms in total. The second-order valence-electron chi connectivity index (χ2n) is 14.8. The van der Waals surface area contributed by atoms with Crippen LogP contribution in [0.15, 0.2) is 212 Å². The van der Waals surface area contributed by atoms with Gasteiger partial charge in [-0.05, 0) is 68.1 Å². The van der Waals surface area contributed by atoms with E-state index in [-0.39, 0.29) is 0 Å². The van der Waals surface area contributed by atoms with Gasteiger partial charge < -0.3 is 0 Å².